The molecule has 0 atom stereocenters. The fourth-order valence-electron chi connectivity index (χ4n) is 7.14. The minimum atomic E-state index is 0. The van der Waals surface area contributed by atoms with Gasteiger partial charge in [-0.15, -0.1) is 42.0 Å². The maximum atomic E-state index is 6.12. The number of rotatable bonds is 6. The van der Waals surface area contributed by atoms with E-state index in [9.17, 15) is 0 Å². The summed E-state index contributed by atoms with van der Waals surface area (Å²) in [5.41, 5.74) is 14.7. The smallest absolute Gasteiger partial charge is 0.0774 e. The predicted octanol–water partition coefficient (Wildman–Crippen LogP) is 13.1. The zero-order chi connectivity index (χ0) is 37.0. The molecule has 0 saturated carbocycles. The Morgan fingerprint density at radius 3 is 1.84 bits per heavy atom. The fraction of sp³-hybridized carbons (Fsp3) is 0.0196. The van der Waals surface area contributed by atoms with Crippen molar-refractivity contribution < 1.29 is 24.5 Å². The van der Waals surface area contributed by atoms with Crippen LogP contribution in [0.1, 0.15) is 5.56 Å². The van der Waals surface area contributed by atoms with Crippen LogP contribution < -0.4 is 0 Å². The van der Waals surface area contributed by atoms with Crippen LogP contribution in [0.4, 0.5) is 0 Å². The molecule has 0 amide bonds. The summed E-state index contributed by atoms with van der Waals surface area (Å²) in [5.74, 6) is 0.797. The molecule has 3 aromatic heterocycles. The van der Waals surface area contributed by atoms with Gasteiger partial charge in [-0.3, -0.25) is 4.98 Å². The first kappa shape index (κ1) is 36.3. The van der Waals surface area contributed by atoms with Crippen LogP contribution in [0.2, 0.25) is 0 Å². The minimum Gasteiger partial charge on any atom is -0.557 e. The Balaban J connectivity index is 0.000000290. The zero-order valence-corrected chi connectivity index (χ0v) is 33.0. The van der Waals surface area contributed by atoms with Crippen molar-refractivity contribution in [2.24, 2.45) is 0 Å². The number of benzene rings is 7. The number of fused-ring (bicyclic) bond motifs is 2. The van der Waals surface area contributed by atoms with Crippen molar-refractivity contribution in [2.45, 2.75) is 6.92 Å². The van der Waals surface area contributed by atoms with Gasteiger partial charge in [0.1, 0.15) is 0 Å². The Kier molecular flexibility index (Phi) is 10.6. The summed E-state index contributed by atoms with van der Waals surface area (Å²) in [5, 5.41) is 0.978. The van der Waals surface area contributed by atoms with E-state index >= 15 is 0 Å². The van der Waals surface area contributed by atoms with E-state index in [2.05, 4.69) is 162 Å². The third-order valence-corrected chi connectivity index (χ3v) is 9.70. The molecule has 10 rings (SSSR count). The van der Waals surface area contributed by atoms with E-state index in [0.717, 1.165) is 83.7 Å². The van der Waals surface area contributed by atoms with E-state index in [-0.39, 0.29) is 20.1 Å². The molecule has 0 aliphatic carbocycles. The van der Waals surface area contributed by atoms with E-state index in [1.165, 1.54) is 5.56 Å². The van der Waals surface area contributed by atoms with Crippen molar-refractivity contribution in [1.82, 2.24) is 14.5 Å². The summed E-state index contributed by atoms with van der Waals surface area (Å²) >= 11 is 0. The van der Waals surface area contributed by atoms with Crippen LogP contribution in [0.5, 0.6) is 0 Å². The fourth-order valence-corrected chi connectivity index (χ4v) is 7.14. The summed E-state index contributed by atoms with van der Waals surface area (Å²) in [6, 6.07) is 67.6. The van der Waals surface area contributed by atoms with Gasteiger partial charge in [-0.2, -0.15) is 0 Å². The van der Waals surface area contributed by atoms with E-state index in [0.29, 0.717) is 0 Å². The number of nitrogens with zero attached hydrogens (tertiary/aromatic N) is 3. The first-order valence-corrected chi connectivity index (χ1v) is 18.3. The average Bonchev–Trinajstić information content (AvgIpc) is 3.86. The molecule has 0 spiro atoms. The second kappa shape index (κ2) is 16.4. The van der Waals surface area contributed by atoms with Gasteiger partial charge in [0.25, 0.3) is 0 Å². The van der Waals surface area contributed by atoms with E-state index in [1.807, 2.05) is 54.6 Å². The number of imidazole rings is 1. The SMILES string of the molecule is Cc1cc(-c2ccccc2)c(-n2c(-c3[c-]oc4cc(-c5ccccc5)ccc34)nc3ccccc32)c(-c2ccccc2)c1.[Ir].[c-]1ccccc1-c1ccccn1. The van der Waals surface area contributed by atoms with Crippen molar-refractivity contribution in [3.8, 4) is 61.7 Å². The van der Waals surface area contributed by atoms with Gasteiger partial charge in [0.2, 0.25) is 0 Å². The predicted molar refractivity (Wildman–Crippen MR) is 225 cm³/mol. The van der Waals surface area contributed by atoms with Gasteiger partial charge in [-0.1, -0.05) is 138 Å². The second-order valence-corrected chi connectivity index (χ2v) is 13.3. The molecule has 7 aromatic carbocycles. The molecule has 5 heteroatoms. The number of furan rings is 1. The van der Waals surface area contributed by atoms with Crippen molar-refractivity contribution in [3.63, 3.8) is 0 Å². The Morgan fingerprint density at radius 1 is 0.571 bits per heavy atom. The van der Waals surface area contributed by atoms with Crippen LogP contribution >= 0.6 is 0 Å². The topological polar surface area (TPSA) is 43.9 Å². The Bertz CT molecular complexity index is 2750. The van der Waals surface area contributed by atoms with Crippen LogP contribution in [0.15, 0.2) is 199 Å². The van der Waals surface area contributed by atoms with Crippen molar-refractivity contribution in [3.05, 3.63) is 212 Å². The molecule has 0 N–H and O–H groups in total. The molecule has 0 fully saturated rings. The number of pyridine rings is 1. The number of aromatic nitrogens is 3. The van der Waals surface area contributed by atoms with Crippen LogP contribution in [-0.4, -0.2) is 14.5 Å². The number of hydrogen-bond donors (Lipinski definition) is 0. The molecule has 0 bridgehead atoms. The third-order valence-electron chi connectivity index (χ3n) is 9.70. The average molecular weight is 898 g/mol. The Morgan fingerprint density at radius 2 is 1.20 bits per heavy atom. The molecule has 0 aliphatic heterocycles. The molecule has 0 unspecified atom stereocenters. The van der Waals surface area contributed by atoms with Gasteiger partial charge in [0.05, 0.1) is 22.5 Å². The van der Waals surface area contributed by atoms with Gasteiger partial charge < -0.3 is 14.0 Å². The third kappa shape index (κ3) is 7.26. The number of aryl methyl sites for hydroxylation is 1. The molecule has 1 radical (unpaired) electrons. The largest absolute Gasteiger partial charge is 0.557 e. The number of para-hydroxylation sites is 2. The summed E-state index contributed by atoms with van der Waals surface area (Å²) in [6.07, 6.45) is 5.04. The second-order valence-electron chi connectivity index (χ2n) is 13.3. The van der Waals surface area contributed by atoms with Gasteiger partial charge in [0.15, 0.2) is 0 Å². The number of hydrogen-bond acceptors (Lipinski definition) is 3. The standard InChI is InChI=1S/C40H27N2O.C11H8N.Ir/c1-27-23-33(29-15-7-3-8-16-29)39(34(24-27)30-17-9-4-10-18-30)42-37-20-12-11-19-36(37)41-40(42)35-26-43-38-25-31(21-22-32(35)38)28-13-5-2-6-14-28;1-2-6-10(7-3-1)11-8-4-5-9-12-11;/h2-25H,1H3;1-6,8-9H;/q2*-1;. The molecule has 4 nitrogen and oxygen atoms in total. The molecule has 0 aliphatic rings. The molecular formula is C51H35IrN3O-2. The van der Waals surface area contributed by atoms with E-state index in [1.54, 1.807) is 6.20 Å². The maximum absolute atomic E-state index is 6.12. The van der Waals surface area contributed by atoms with Gasteiger partial charge in [-0.25, -0.2) is 0 Å². The van der Waals surface area contributed by atoms with Gasteiger partial charge >= 0.3 is 0 Å². The summed E-state index contributed by atoms with van der Waals surface area (Å²) in [4.78, 5) is 9.44. The first-order valence-electron chi connectivity index (χ1n) is 18.3. The van der Waals surface area contributed by atoms with Gasteiger partial charge in [0, 0.05) is 49.3 Å². The van der Waals surface area contributed by atoms with Crippen LogP contribution in [0.25, 0.3) is 83.7 Å². The van der Waals surface area contributed by atoms with Crippen LogP contribution in [-0.2, 0) is 20.1 Å². The molecule has 0 saturated heterocycles. The first-order chi connectivity index (χ1) is 27.2. The minimum absolute atomic E-state index is 0. The van der Waals surface area contributed by atoms with Crippen LogP contribution in [0.3, 0.4) is 0 Å². The summed E-state index contributed by atoms with van der Waals surface area (Å²) < 4.78 is 8.42. The summed E-state index contributed by atoms with van der Waals surface area (Å²) in [7, 11) is 0. The molecule has 271 valence electrons. The van der Waals surface area contributed by atoms with Crippen molar-refractivity contribution >= 4 is 22.0 Å². The normalized spacial score (nSPS) is 10.8. The van der Waals surface area contributed by atoms with Crippen molar-refractivity contribution in [2.75, 3.05) is 0 Å². The summed E-state index contributed by atoms with van der Waals surface area (Å²) in [6.45, 7) is 2.16. The molecule has 56 heavy (non-hydrogen) atoms. The zero-order valence-electron chi connectivity index (χ0n) is 30.6. The Hall–Kier alpha value is -6.65. The molecule has 10 aromatic rings. The molecular weight excluding hydrogens is 863 g/mol. The Labute approximate surface area is 340 Å². The quantitative estimate of drug-likeness (QED) is 0.156. The van der Waals surface area contributed by atoms with Gasteiger partial charge in [-0.05, 0) is 70.8 Å². The van der Waals surface area contributed by atoms with Crippen LogP contribution in [0, 0.1) is 19.3 Å². The van der Waals surface area contributed by atoms with E-state index in [4.69, 9.17) is 9.40 Å². The maximum Gasteiger partial charge on any atom is 0.0774 e. The van der Waals surface area contributed by atoms with Crippen molar-refractivity contribution in [1.29, 1.82) is 0 Å². The van der Waals surface area contributed by atoms with E-state index < -0.39 is 0 Å². The molecule has 3 heterocycles. The monoisotopic (exact) mass is 898 g/mol.